The number of carbonyl (C=O) groups is 8. The minimum atomic E-state index is -0.225. The molecule has 16 heteroatoms. The van der Waals surface area contributed by atoms with Gasteiger partial charge in [-0.2, -0.15) is 0 Å². The molecule has 16 nitrogen and oxygen atoms in total. The molecule has 7 aromatic carbocycles. The molecule has 0 radical (unpaired) electrons. The molecular formula is C131H178N2O14. The molecule has 0 N–H and O–H groups in total. The molecule has 0 unspecified atom stereocenters. The highest BCUT2D eigenvalue weighted by Gasteiger charge is 2.36. The third kappa shape index (κ3) is 39.8. The lowest BCUT2D eigenvalue weighted by Crippen LogP contribution is -2.39. The Morgan fingerprint density at radius 1 is 0.265 bits per heavy atom. The summed E-state index contributed by atoms with van der Waals surface area (Å²) >= 11 is 0. The molecule has 4 amide bonds. The van der Waals surface area contributed by atoms with Crippen LogP contribution >= 0.6 is 0 Å². The second kappa shape index (κ2) is 60.9. The summed E-state index contributed by atoms with van der Waals surface area (Å²) in [5.74, 6) is 1.20. The average molecular weight is 2000 g/mol. The van der Waals surface area contributed by atoms with Crippen molar-refractivity contribution in [2.45, 2.75) is 355 Å². The van der Waals surface area contributed by atoms with Crippen LogP contribution in [0.4, 0.5) is 0 Å². The monoisotopic (exact) mass is 2000 g/mol. The van der Waals surface area contributed by atoms with Crippen LogP contribution in [0, 0.1) is 45.4 Å². The van der Waals surface area contributed by atoms with Crippen molar-refractivity contribution in [1.82, 2.24) is 9.80 Å². The van der Waals surface area contributed by atoms with Gasteiger partial charge in [0, 0.05) is 68.5 Å². The molecule has 0 aliphatic carbocycles. The Balaban J connectivity index is 0.000000252. The number of benzene rings is 7. The number of Topliss-reactive ketones (excluding diaryl/α,β-unsaturated/α-hetero) is 2. The van der Waals surface area contributed by atoms with Gasteiger partial charge in [0.2, 0.25) is 0 Å². The van der Waals surface area contributed by atoms with Crippen LogP contribution in [0.25, 0.3) is 0 Å². The lowest BCUT2D eigenvalue weighted by molar-refractivity contribution is -0.140. The van der Waals surface area contributed by atoms with E-state index in [4.69, 9.17) is 28.4 Å². The van der Waals surface area contributed by atoms with E-state index in [0.717, 1.165) is 211 Å². The number of ketones is 2. The third-order valence-corrected chi connectivity index (χ3v) is 29.9. The van der Waals surface area contributed by atoms with Crippen molar-refractivity contribution < 1.29 is 66.8 Å². The number of hydrogen-bond acceptors (Lipinski definition) is 14. The van der Waals surface area contributed by atoms with Gasteiger partial charge in [-0.05, 0) is 458 Å². The normalized spacial score (nSPS) is 13.6. The first-order valence-electron chi connectivity index (χ1n) is 54.0. The Bertz CT molecular complexity index is 5880. The number of imide groups is 2. The standard InChI is InChI=1S/C37H44O2.C25H30N2O4.C25H36O4.C23H36O2.C21H32O2/c1-25(2)28(6)36(38)34-20-14-30(15-21-34)10-8-12-32-18-19-33(27(5)24-32)13-9-11-31-16-22-35(23-17-31)37(39)29(7)26(3)4;1-15-14-20(8-6-12-26-22(28)16(2)17(3)23(26)29)10-11-21(15)9-7-13-27-24(30)18(4)19(5)25(27)31;1-17(2)20(6)24(26)28-14-8-10-22-12-13-23(19(5)16-22)11-9-15-29-25(27)21(7)18(3)4;1-17(2)20(6)24-14-8-10-22-12-13-23(19(5)16-22)11-9-15-25-21(7)18(3)4;1-17-12-18(6-4-10-20(2)13-22-14-20)8-9-19(17)7-5-11-21(3)15-23-16-21/h14-24H,8-13H2,1-7H3;10-11,14H,6-9,12-13H2,1-5H3;12-13,16H,8-11,14-15H2,1-7H3;12-13,16H,8-11,14-15H2,1-7H3;8-9,12H,4-7,10-11,13-16H2,1-3H3. The SMILES string of the molecule is CC(C)=C(C)C(=O)OCCCc1ccc(CCCOC(=O)C(C)=C(C)C)c(C)c1.CC(C)=C(C)C(=O)c1ccc(CCCc2ccc(CCCc3ccc(C(=O)C(C)=C(C)C)cc3)c(C)c2)cc1.CC(C)=C(C)OCCCc1ccc(CCCOC(C)=C(C)C)c(C)c1.CC1=C(C)C(=O)N(CCCc2ccc(CCCN3C(=O)C(C)=C(C)C3=O)c(C)c2)C1=O.Cc1cc(CCCC2(C)COC2)ccc1CCCC1(C)COC1. The largest absolute Gasteiger partial charge is 0.498 e. The highest BCUT2D eigenvalue weighted by Crippen LogP contribution is 2.36. The van der Waals surface area contributed by atoms with Gasteiger partial charge in [0.1, 0.15) is 0 Å². The minimum Gasteiger partial charge on any atom is -0.498 e. The molecule has 11 rings (SSSR count). The average Bonchev–Trinajstić information content (AvgIpc) is 1.68. The number of hydrogen-bond donors (Lipinski definition) is 0. The predicted octanol–water partition coefficient (Wildman–Crippen LogP) is 29.6. The van der Waals surface area contributed by atoms with E-state index in [1.807, 2.05) is 107 Å². The zero-order valence-electron chi connectivity index (χ0n) is 95.4. The summed E-state index contributed by atoms with van der Waals surface area (Å²) in [5, 5.41) is 0. The molecule has 796 valence electrons. The van der Waals surface area contributed by atoms with E-state index in [9.17, 15) is 38.4 Å². The van der Waals surface area contributed by atoms with Gasteiger partial charge >= 0.3 is 11.9 Å². The van der Waals surface area contributed by atoms with Crippen molar-refractivity contribution in [1.29, 1.82) is 0 Å². The molecule has 2 fully saturated rings. The summed E-state index contributed by atoms with van der Waals surface area (Å²) in [6, 6.07) is 49.9. The molecule has 0 aromatic heterocycles. The second-order valence-corrected chi connectivity index (χ2v) is 43.6. The maximum Gasteiger partial charge on any atom is 0.333 e. The van der Waals surface area contributed by atoms with E-state index < -0.39 is 0 Å². The van der Waals surface area contributed by atoms with E-state index in [2.05, 4.69) is 191 Å². The van der Waals surface area contributed by atoms with Crippen molar-refractivity contribution in [3.63, 3.8) is 0 Å². The zero-order valence-corrected chi connectivity index (χ0v) is 95.4. The summed E-state index contributed by atoms with van der Waals surface area (Å²) in [6.45, 7) is 64.9. The first kappa shape index (κ1) is 122. The van der Waals surface area contributed by atoms with Crippen LogP contribution in [0.1, 0.15) is 359 Å². The van der Waals surface area contributed by atoms with Crippen LogP contribution in [0.3, 0.4) is 0 Å². The van der Waals surface area contributed by atoms with Crippen LogP contribution in [-0.4, -0.2) is 123 Å². The molecule has 2 saturated heterocycles. The number of esters is 2. The van der Waals surface area contributed by atoms with E-state index in [1.54, 1.807) is 41.5 Å². The van der Waals surface area contributed by atoms with Crippen molar-refractivity contribution in [3.05, 3.63) is 335 Å². The van der Waals surface area contributed by atoms with Gasteiger partial charge in [-0.25, -0.2) is 9.59 Å². The van der Waals surface area contributed by atoms with Gasteiger partial charge in [0.25, 0.3) is 23.6 Å². The van der Waals surface area contributed by atoms with Crippen LogP contribution < -0.4 is 0 Å². The fourth-order valence-corrected chi connectivity index (χ4v) is 17.8. The van der Waals surface area contributed by atoms with Gasteiger partial charge in [0.05, 0.1) is 64.4 Å². The zero-order chi connectivity index (χ0) is 109. The molecule has 0 atom stereocenters. The Labute approximate surface area is 884 Å². The quantitative estimate of drug-likeness (QED) is 0.00871. The van der Waals surface area contributed by atoms with Crippen molar-refractivity contribution in [2.24, 2.45) is 10.8 Å². The van der Waals surface area contributed by atoms with Crippen LogP contribution in [-0.2, 0) is 134 Å². The summed E-state index contributed by atoms with van der Waals surface area (Å²) in [4.78, 5) is 99.9. The summed E-state index contributed by atoms with van der Waals surface area (Å²) in [6.07, 6.45) is 24.5. The molecule has 0 saturated carbocycles. The molecule has 147 heavy (non-hydrogen) atoms. The highest BCUT2D eigenvalue weighted by molar-refractivity contribution is 6.19. The predicted molar refractivity (Wildman–Crippen MR) is 603 cm³/mol. The first-order chi connectivity index (χ1) is 69.6. The van der Waals surface area contributed by atoms with Gasteiger partial charge in [-0.1, -0.05) is 176 Å². The molecule has 4 aliphatic heterocycles. The van der Waals surface area contributed by atoms with Gasteiger partial charge in [0.15, 0.2) is 11.6 Å². The molecule has 4 heterocycles. The maximum atomic E-state index is 12.5. The topological polar surface area (TPSA) is 198 Å². The Kier molecular flexibility index (Phi) is 50.7. The van der Waals surface area contributed by atoms with E-state index in [1.165, 1.54) is 154 Å². The lowest BCUT2D eigenvalue weighted by Gasteiger charge is -2.38. The fraction of sp³-hybridized carbons (Fsp3) is 0.496. The number of carbonyl (C=O) groups excluding carboxylic acids is 8. The number of aryl methyl sites for hydroxylation is 17. The van der Waals surface area contributed by atoms with Gasteiger partial charge in [-0.3, -0.25) is 38.6 Å². The summed E-state index contributed by atoms with van der Waals surface area (Å²) in [5.41, 5.74) is 37.0. The molecular weight excluding hydrogens is 1830 g/mol. The lowest BCUT2D eigenvalue weighted by atomic mass is 9.82. The van der Waals surface area contributed by atoms with E-state index in [0.29, 0.717) is 70.6 Å². The Hall–Kier alpha value is -11.5. The number of rotatable bonds is 48. The third-order valence-electron chi connectivity index (χ3n) is 29.9. The van der Waals surface area contributed by atoms with Crippen molar-refractivity contribution in [3.8, 4) is 0 Å². The molecule has 0 bridgehead atoms. The van der Waals surface area contributed by atoms with Crippen molar-refractivity contribution in [2.75, 3.05) is 65.9 Å². The Morgan fingerprint density at radius 3 is 0.769 bits per heavy atom. The fourth-order valence-electron chi connectivity index (χ4n) is 17.8. The number of allylic oxidation sites excluding steroid dienone is 10. The Morgan fingerprint density at radius 2 is 0.490 bits per heavy atom. The smallest absolute Gasteiger partial charge is 0.333 e. The van der Waals surface area contributed by atoms with Crippen LogP contribution in [0.2, 0.25) is 0 Å². The van der Waals surface area contributed by atoms with Crippen LogP contribution in [0.15, 0.2) is 229 Å². The van der Waals surface area contributed by atoms with E-state index >= 15 is 0 Å². The summed E-state index contributed by atoms with van der Waals surface area (Å²) in [7, 11) is 0. The van der Waals surface area contributed by atoms with Gasteiger partial charge < -0.3 is 28.4 Å². The molecule has 0 spiro atoms. The summed E-state index contributed by atoms with van der Waals surface area (Å²) < 4.78 is 32.8. The molecule has 4 aliphatic rings. The second-order valence-electron chi connectivity index (χ2n) is 43.6. The maximum absolute atomic E-state index is 12.5. The number of amides is 4. The number of ether oxygens (including phenoxy) is 6. The first-order valence-corrected chi connectivity index (χ1v) is 54.0. The molecule has 7 aromatic rings. The minimum absolute atomic E-state index is 0.122. The van der Waals surface area contributed by atoms with E-state index in [-0.39, 0.29) is 47.1 Å². The van der Waals surface area contributed by atoms with Gasteiger partial charge in [-0.15, -0.1) is 0 Å². The van der Waals surface area contributed by atoms with Crippen molar-refractivity contribution >= 4 is 47.1 Å². The highest BCUT2D eigenvalue weighted by atomic mass is 16.5. The number of nitrogens with zero attached hydrogens (tertiary/aromatic N) is 2. The van der Waals surface area contributed by atoms with Crippen LogP contribution in [0.5, 0.6) is 0 Å².